The quantitative estimate of drug-likeness (QED) is 0.603. The number of amides is 3. The lowest BCUT2D eigenvalue weighted by Crippen LogP contribution is -2.51. The van der Waals surface area contributed by atoms with Crippen molar-refractivity contribution in [3.8, 4) is 0 Å². The zero-order chi connectivity index (χ0) is 25.3. The number of anilines is 1. The Bertz CT molecular complexity index is 1060. The molecule has 2 aliphatic rings. The molecule has 0 aliphatic carbocycles. The zero-order valence-corrected chi connectivity index (χ0v) is 20.9. The highest BCUT2D eigenvalue weighted by molar-refractivity contribution is 7.90. The van der Waals surface area contributed by atoms with E-state index in [1.54, 1.807) is 20.8 Å². The molecule has 0 N–H and O–H groups in total. The molecule has 188 valence electrons. The van der Waals surface area contributed by atoms with Gasteiger partial charge in [0.25, 0.3) is 5.91 Å². The first-order chi connectivity index (χ1) is 15.8. The highest BCUT2D eigenvalue weighted by Crippen LogP contribution is 2.29. The van der Waals surface area contributed by atoms with Gasteiger partial charge in [-0.3, -0.25) is 9.69 Å². The van der Waals surface area contributed by atoms with Gasteiger partial charge in [-0.05, 0) is 39.0 Å². The second-order valence-electron chi connectivity index (χ2n) is 9.27. The van der Waals surface area contributed by atoms with E-state index in [0.717, 1.165) is 6.26 Å². The number of cyclic esters (lactones) is 1. The van der Waals surface area contributed by atoms with E-state index in [2.05, 4.69) is 0 Å². The van der Waals surface area contributed by atoms with Crippen LogP contribution in [0.2, 0.25) is 0 Å². The van der Waals surface area contributed by atoms with Crippen LogP contribution in [0.3, 0.4) is 0 Å². The Kier molecular flexibility index (Phi) is 7.41. The van der Waals surface area contributed by atoms with Gasteiger partial charge in [0.05, 0.1) is 23.1 Å². The number of piperazine rings is 1. The average Bonchev–Trinajstić information content (AvgIpc) is 3.11. The number of carbonyl (C=O) groups excluding carboxylic acids is 3. The molecule has 1 aromatic rings. The molecule has 2 aliphatic heterocycles. The van der Waals surface area contributed by atoms with Crippen LogP contribution in [-0.2, 0) is 24.0 Å². The first-order valence-electron chi connectivity index (χ1n) is 10.9. The summed E-state index contributed by atoms with van der Waals surface area (Å²) in [6.07, 6.45) is -0.0547. The third kappa shape index (κ3) is 5.79. The third-order valence-corrected chi connectivity index (χ3v) is 6.55. The maximum atomic E-state index is 13.2. The third-order valence-electron chi connectivity index (χ3n) is 5.41. The van der Waals surface area contributed by atoms with E-state index in [1.807, 2.05) is 0 Å². The molecule has 3 amide bonds. The van der Waals surface area contributed by atoms with E-state index in [4.69, 9.17) is 14.2 Å². The highest BCUT2D eigenvalue weighted by Gasteiger charge is 2.36. The van der Waals surface area contributed by atoms with Crippen LogP contribution in [0.1, 0.15) is 31.1 Å². The minimum atomic E-state index is -3.80. The van der Waals surface area contributed by atoms with Gasteiger partial charge in [-0.25, -0.2) is 18.0 Å². The number of methoxy groups -OCH3 is 1. The van der Waals surface area contributed by atoms with Crippen molar-refractivity contribution in [2.75, 3.05) is 57.7 Å². The van der Waals surface area contributed by atoms with Crippen LogP contribution in [-0.4, -0.2) is 101 Å². The fourth-order valence-corrected chi connectivity index (χ4v) is 4.71. The van der Waals surface area contributed by atoms with Gasteiger partial charge >= 0.3 is 12.2 Å². The molecule has 2 saturated heterocycles. The molecular weight excluding hydrogens is 466 g/mol. The van der Waals surface area contributed by atoms with Gasteiger partial charge in [0, 0.05) is 45.2 Å². The molecule has 0 bridgehead atoms. The fourth-order valence-electron chi connectivity index (χ4n) is 3.83. The van der Waals surface area contributed by atoms with E-state index >= 15 is 0 Å². The Morgan fingerprint density at radius 2 is 1.74 bits per heavy atom. The minimum absolute atomic E-state index is 0.00724. The highest BCUT2D eigenvalue weighted by atomic mass is 32.2. The minimum Gasteiger partial charge on any atom is -0.447 e. The number of nitrogens with zero attached hydrogens (tertiary/aromatic N) is 3. The molecule has 34 heavy (non-hydrogen) atoms. The number of benzene rings is 1. The van der Waals surface area contributed by atoms with Crippen LogP contribution in [0.5, 0.6) is 0 Å². The molecule has 0 unspecified atom stereocenters. The summed E-state index contributed by atoms with van der Waals surface area (Å²) >= 11 is 0. The number of hydrogen-bond donors (Lipinski definition) is 0. The summed E-state index contributed by atoms with van der Waals surface area (Å²) in [7, 11) is -2.31. The molecule has 11 nitrogen and oxygen atoms in total. The predicted octanol–water partition coefficient (Wildman–Crippen LogP) is 1.75. The molecule has 1 aromatic carbocycles. The lowest BCUT2D eigenvalue weighted by atomic mass is 10.1. The predicted molar refractivity (Wildman–Crippen MR) is 123 cm³/mol. The van der Waals surface area contributed by atoms with Crippen LogP contribution < -0.4 is 4.90 Å². The molecule has 2 heterocycles. The topological polar surface area (TPSA) is 123 Å². The lowest BCUT2D eigenvalue weighted by Gasteiger charge is -2.35. The second kappa shape index (κ2) is 9.79. The molecule has 1 atom stereocenters. The summed E-state index contributed by atoms with van der Waals surface area (Å²) in [5.41, 5.74) is -0.315. The normalized spacial score (nSPS) is 19.3. The number of hydrogen-bond acceptors (Lipinski definition) is 8. The van der Waals surface area contributed by atoms with Gasteiger partial charge < -0.3 is 24.0 Å². The summed E-state index contributed by atoms with van der Waals surface area (Å²) in [5, 5.41) is 0. The van der Waals surface area contributed by atoms with Gasteiger partial charge in [-0.2, -0.15) is 0 Å². The first kappa shape index (κ1) is 25.8. The van der Waals surface area contributed by atoms with Crippen LogP contribution in [0, 0.1) is 0 Å². The van der Waals surface area contributed by atoms with Gasteiger partial charge in [-0.15, -0.1) is 0 Å². The maximum absolute atomic E-state index is 13.2. The average molecular weight is 498 g/mol. The number of carbonyl (C=O) groups is 3. The summed E-state index contributed by atoms with van der Waals surface area (Å²) < 4.78 is 40.7. The van der Waals surface area contributed by atoms with Gasteiger partial charge in [0.15, 0.2) is 9.84 Å². The molecular formula is C22H31N3O8S. The molecule has 3 rings (SSSR count). The Morgan fingerprint density at radius 3 is 2.29 bits per heavy atom. The molecule has 0 radical (unpaired) electrons. The maximum Gasteiger partial charge on any atom is 0.414 e. The number of ether oxygens (including phenoxy) is 3. The Hall–Kier alpha value is -2.86. The molecule has 0 aromatic heterocycles. The van der Waals surface area contributed by atoms with Crippen molar-refractivity contribution < 1.29 is 37.0 Å². The Morgan fingerprint density at radius 1 is 1.12 bits per heavy atom. The second-order valence-corrected chi connectivity index (χ2v) is 11.3. The molecule has 0 saturated carbocycles. The van der Waals surface area contributed by atoms with E-state index in [-0.39, 0.29) is 49.9 Å². The summed E-state index contributed by atoms with van der Waals surface area (Å²) in [5.74, 6) is -0.465. The first-order valence-corrected chi connectivity index (χ1v) is 12.8. The van der Waals surface area contributed by atoms with Crippen molar-refractivity contribution in [1.29, 1.82) is 0 Å². The van der Waals surface area contributed by atoms with Crippen molar-refractivity contribution in [3.63, 3.8) is 0 Å². The van der Waals surface area contributed by atoms with Crippen LogP contribution in [0.25, 0.3) is 0 Å². The van der Waals surface area contributed by atoms with Crippen molar-refractivity contribution in [2.45, 2.75) is 37.3 Å². The van der Waals surface area contributed by atoms with E-state index in [0.29, 0.717) is 5.69 Å². The smallest absolute Gasteiger partial charge is 0.414 e. The SMILES string of the molecule is COC[C@@H]1COC(=O)N1c1ccc(C(=O)N2CCN(C(=O)OC(C)(C)C)CC2)c(S(C)(=O)=O)c1. The van der Waals surface area contributed by atoms with Gasteiger partial charge in [-0.1, -0.05) is 0 Å². The number of sulfone groups is 1. The van der Waals surface area contributed by atoms with Crippen molar-refractivity contribution in [1.82, 2.24) is 9.80 Å². The van der Waals surface area contributed by atoms with Gasteiger partial charge in [0.1, 0.15) is 12.2 Å². The monoisotopic (exact) mass is 497 g/mol. The number of rotatable bonds is 5. The van der Waals surface area contributed by atoms with Crippen molar-refractivity contribution in [3.05, 3.63) is 23.8 Å². The Labute approximate surface area is 199 Å². The van der Waals surface area contributed by atoms with Crippen LogP contribution in [0.4, 0.5) is 15.3 Å². The standard InChI is InChI=1S/C22H31N3O8S/c1-22(2,3)33-20(27)24-10-8-23(9-11-24)19(26)17-7-6-15(12-18(17)34(5,29)30)25-16(13-31-4)14-32-21(25)28/h6-7,12,16H,8-11,13-14H2,1-5H3/t16-/m1/s1. The van der Waals surface area contributed by atoms with Crippen molar-refractivity contribution >= 4 is 33.6 Å². The fraction of sp³-hybridized carbons (Fsp3) is 0.591. The van der Waals surface area contributed by atoms with Gasteiger partial charge in [0.2, 0.25) is 0 Å². The molecule has 12 heteroatoms. The van der Waals surface area contributed by atoms with Crippen molar-refractivity contribution in [2.24, 2.45) is 0 Å². The summed E-state index contributed by atoms with van der Waals surface area (Å²) in [4.78, 5) is 41.9. The zero-order valence-electron chi connectivity index (χ0n) is 20.1. The van der Waals surface area contributed by atoms with E-state index < -0.39 is 39.6 Å². The van der Waals surface area contributed by atoms with Crippen LogP contribution >= 0.6 is 0 Å². The lowest BCUT2D eigenvalue weighted by molar-refractivity contribution is 0.0140. The Balaban J connectivity index is 1.81. The van der Waals surface area contributed by atoms with E-state index in [1.165, 1.54) is 40.0 Å². The summed E-state index contributed by atoms with van der Waals surface area (Å²) in [6.45, 7) is 6.67. The van der Waals surface area contributed by atoms with E-state index in [9.17, 15) is 22.8 Å². The molecule has 0 spiro atoms. The van der Waals surface area contributed by atoms with Crippen LogP contribution in [0.15, 0.2) is 23.1 Å². The molecule has 2 fully saturated rings. The largest absolute Gasteiger partial charge is 0.447 e. The summed E-state index contributed by atoms with van der Waals surface area (Å²) in [6, 6.07) is 3.83.